The molecule has 0 unspecified atom stereocenters. The third-order valence-electron chi connectivity index (χ3n) is 4.90. The fourth-order valence-electron chi connectivity index (χ4n) is 3.45. The fourth-order valence-corrected chi connectivity index (χ4v) is 4.30. The Bertz CT molecular complexity index is 1500. The molecule has 0 bridgehead atoms. The van der Waals surface area contributed by atoms with Crippen molar-refractivity contribution in [2.45, 2.75) is 13.8 Å². The van der Waals surface area contributed by atoms with Gasteiger partial charge < -0.3 is 10.6 Å². The van der Waals surface area contributed by atoms with Gasteiger partial charge in [-0.3, -0.25) is 14.6 Å². The number of pyridine rings is 1. The van der Waals surface area contributed by atoms with Gasteiger partial charge in [0.2, 0.25) is 5.13 Å². The highest BCUT2D eigenvalue weighted by Gasteiger charge is 2.16. The third-order valence-corrected chi connectivity index (χ3v) is 5.94. The standard InChI is InChI=1S/C21H18ClN9OS/c1-10-6-12(25-20(32)17-7-11(2)29-31(17)3)8-16(24-10)19-27-21(33-30-19)26-15-5-4-14-13(18(15)22)9-23-28-14/h4-9H,1-3H3,(H,23,28)(H,24,25,32)(H,26,27,30). The Balaban J connectivity index is 1.38. The first-order valence-corrected chi connectivity index (χ1v) is 11.1. The number of anilines is 3. The highest BCUT2D eigenvalue weighted by Crippen LogP contribution is 2.33. The number of carbonyl (C=O) groups is 1. The molecular formula is C21H18ClN9OS. The van der Waals surface area contributed by atoms with Crippen molar-refractivity contribution in [3.63, 3.8) is 0 Å². The van der Waals surface area contributed by atoms with Crippen LogP contribution in [0.25, 0.3) is 22.4 Å². The van der Waals surface area contributed by atoms with Crippen LogP contribution in [0.1, 0.15) is 21.9 Å². The van der Waals surface area contributed by atoms with Crippen molar-refractivity contribution in [3.8, 4) is 11.5 Å². The van der Waals surface area contributed by atoms with Crippen LogP contribution < -0.4 is 10.6 Å². The highest BCUT2D eigenvalue weighted by molar-refractivity contribution is 7.10. The smallest absolute Gasteiger partial charge is 0.273 e. The quantitative estimate of drug-likeness (QED) is 0.339. The second-order valence-electron chi connectivity index (χ2n) is 7.44. The van der Waals surface area contributed by atoms with E-state index in [1.54, 1.807) is 36.1 Å². The zero-order chi connectivity index (χ0) is 23.1. The average molecular weight is 480 g/mol. The maximum absolute atomic E-state index is 12.7. The summed E-state index contributed by atoms with van der Waals surface area (Å²) in [5.74, 6) is 0.186. The van der Waals surface area contributed by atoms with Crippen LogP contribution in [0.5, 0.6) is 0 Å². The largest absolute Gasteiger partial charge is 0.329 e. The maximum Gasteiger partial charge on any atom is 0.273 e. The van der Waals surface area contributed by atoms with Gasteiger partial charge in [0.1, 0.15) is 11.4 Å². The van der Waals surface area contributed by atoms with Gasteiger partial charge in [-0.15, -0.1) is 0 Å². The lowest BCUT2D eigenvalue weighted by Crippen LogP contribution is -2.16. The van der Waals surface area contributed by atoms with Gasteiger partial charge in [0.15, 0.2) is 5.82 Å². The first kappa shape index (κ1) is 21.0. The Kier molecular flexibility index (Phi) is 5.27. The minimum Gasteiger partial charge on any atom is -0.329 e. The topological polar surface area (TPSA) is 126 Å². The zero-order valence-electron chi connectivity index (χ0n) is 17.8. The fraction of sp³-hybridized carbons (Fsp3) is 0.143. The molecule has 0 saturated carbocycles. The van der Waals surface area contributed by atoms with Crippen LogP contribution in [0.4, 0.5) is 16.5 Å². The molecule has 0 fully saturated rings. The number of nitrogens with zero attached hydrogens (tertiary/aromatic N) is 6. The van der Waals surface area contributed by atoms with Crippen LogP contribution in [0.15, 0.2) is 36.5 Å². The zero-order valence-corrected chi connectivity index (χ0v) is 19.4. The lowest BCUT2D eigenvalue weighted by Gasteiger charge is -2.08. The molecule has 0 saturated heterocycles. The van der Waals surface area contributed by atoms with E-state index in [0.717, 1.165) is 22.3 Å². The van der Waals surface area contributed by atoms with Gasteiger partial charge in [-0.2, -0.15) is 19.6 Å². The second kappa shape index (κ2) is 8.26. The number of nitrogens with one attached hydrogen (secondary N) is 3. The van der Waals surface area contributed by atoms with Crippen molar-refractivity contribution in [3.05, 3.63) is 58.6 Å². The normalized spacial score (nSPS) is 11.2. The number of aryl methyl sites for hydroxylation is 3. The van der Waals surface area contributed by atoms with E-state index in [9.17, 15) is 4.79 Å². The molecule has 1 amide bonds. The van der Waals surface area contributed by atoms with Crippen molar-refractivity contribution in [2.24, 2.45) is 7.05 Å². The van der Waals surface area contributed by atoms with Gasteiger partial charge in [0, 0.05) is 35.3 Å². The minimum atomic E-state index is -0.257. The molecule has 0 aliphatic heterocycles. The minimum absolute atomic E-state index is 0.257. The average Bonchev–Trinajstić information content (AvgIpc) is 3.50. The molecule has 5 rings (SSSR count). The van der Waals surface area contributed by atoms with Crippen molar-refractivity contribution in [1.82, 2.24) is 34.3 Å². The van der Waals surface area contributed by atoms with E-state index in [0.29, 0.717) is 38.7 Å². The second-order valence-corrected chi connectivity index (χ2v) is 8.57. The summed E-state index contributed by atoms with van der Waals surface area (Å²) in [6.45, 7) is 3.68. The van der Waals surface area contributed by atoms with E-state index >= 15 is 0 Å². The number of hydrogen-bond donors (Lipinski definition) is 3. The number of halogens is 1. The molecule has 1 aromatic carbocycles. The van der Waals surface area contributed by atoms with Gasteiger partial charge in [-0.25, -0.2) is 4.98 Å². The summed E-state index contributed by atoms with van der Waals surface area (Å²) in [5.41, 5.74) is 4.66. The number of carbonyl (C=O) groups excluding carboxylic acids is 1. The summed E-state index contributed by atoms with van der Waals surface area (Å²) in [6.07, 6.45) is 1.67. The number of amides is 1. The van der Waals surface area contributed by atoms with E-state index < -0.39 is 0 Å². The van der Waals surface area contributed by atoms with Gasteiger partial charge >= 0.3 is 0 Å². The Morgan fingerprint density at radius 3 is 2.79 bits per heavy atom. The molecule has 33 heavy (non-hydrogen) atoms. The predicted molar refractivity (Wildman–Crippen MR) is 128 cm³/mol. The monoisotopic (exact) mass is 479 g/mol. The number of aromatic nitrogens is 7. The predicted octanol–water partition coefficient (Wildman–Crippen LogP) is 4.48. The van der Waals surface area contributed by atoms with E-state index in [2.05, 4.69) is 40.3 Å². The lowest BCUT2D eigenvalue weighted by atomic mass is 10.2. The van der Waals surface area contributed by atoms with Crippen LogP contribution in [-0.4, -0.2) is 40.2 Å². The number of aromatic amines is 1. The molecule has 0 radical (unpaired) electrons. The van der Waals surface area contributed by atoms with Gasteiger partial charge in [0.05, 0.1) is 28.1 Å². The van der Waals surface area contributed by atoms with Crippen LogP contribution in [0, 0.1) is 13.8 Å². The number of benzene rings is 1. The summed E-state index contributed by atoms with van der Waals surface area (Å²) in [7, 11) is 1.73. The highest BCUT2D eigenvalue weighted by atomic mass is 35.5. The van der Waals surface area contributed by atoms with Crippen molar-refractivity contribution >= 4 is 56.4 Å². The van der Waals surface area contributed by atoms with Crippen LogP contribution >= 0.6 is 23.1 Å². The molecule has 0 atom stereocenters. The molecule has 10 nitrogen and oxygen atoms in total. The Labute approximate surface area is 197 Å². The summed E-state index contributed by atoms with van der Waals surface area (Å²) in [5, 5.41) is 19.1. The Morgan fingerprint density at radius 1 is 1.15 bits per heavy atom. The van der Waals surface area contributed by atoms with E-state index in [1.807, 2.05) is 26.0 Å². The number of fused-ring (bicyclic) bond motifs is 1. The van der Waals surface area contributed by atoms with Gasteiger partial charge in [-0.1, -0.05) is 11.6 Å². The molecule has 4 aromatic heterocycles. The van der Waals surface area contributed by atoms with Crippen molar-refractivity contribution < 1.29 is 4.79 Å². The van der Waals surface area contributed by atoms with Gasteiger partial charge in [-0.05, 0) is 44.2 Å². The Hall–Kier alpha value is -3.83. The number of rotatable bonds is 5. The summed E-state index contributed by atoms with van der Waals surface area (Å²) in [4.78, 5) is 21.7. The summed E-state index contributed by atoms with van der Waals surface area (Å²) in [6, 6.07) is 9.00. The van der Waals surface area contributed by atoms with E-state index in [4.69, 9.17) is 11.6 Å². The van der Waals surface area contributed by atoms with Crippen molar-refractivity contribution in [1.29, 1.82) is 0 Å². The van der Waals surface area contributed by atoms with Gasteiger partial charge in [0.25, 0.3) is 5.91 Å². The first-order valence-electron chi connectivity index (χ1n) is 9.91. The maximum atomic E-state index is 12.7. The third kappa shape index (κ3) is 4.15. The molecule has 3 N–H and O–H groups in total. The number of H-pyrrole nitrogens is 1. The number of hydrogen-bond acceptors (Lipinski definition) is 8. The summed E-state index contributed by atoms with van der Waals surface area (Å²) < 4.78 is 5.97. The Morgan fingerprint density at radius 2 is 2.00 bits per heavy atom. The molecule has 0 aliphatic carbocycles. The van der Waals surface area contributed by atoms with Crippen LogP contribution in [-0.2, 0) is 7.05 Å². The van der Waals surface area contributed by atoms with Crippen LogP contribution in [0.2, 0.25) is 5.02 Å². The van der Waals surface area contributed by atoms with E-state index in [1.165, 1.54) is 11.5 Å². The lowest BCUT2D eigenvalue weighted by molar-refractivity contribution is 0.101. The van der Waals surface area contributed by atoms with E-state index in [-0.39, 0.29) is 5.91 Å². The SMILES string of the molecule is Cc1cc(NC(=O)c2cc(C)nn2C)cc(-c2nsc(Nc3ccc4[nH]ncc4c3Cl)n2)n1. The van der Waals surface area contributed by atoms with Crippen molar-refractivity contribution in [2.75, 3.05) is 10.6 Å². The van der Waals surface area contributed by atoms with Crippen LogP contribution in [0.3, 0.4) is 0 Å². The molecule has 4 heterocycles. The molecule has 12 heteroatoms. The molecule has 0 spiro atoms. The first-order chi connectivity index (χ1) is 15.9. The molecule has 5 aromatic rings. The molecule has 166 valence electrons. The molecular weight excluding hydrogens is 462 g/mol. The summed E-state index contributed by atoms with van der Waals surface area (Å²) >= 11 is 7.67. The molecule has 0 aliphatic rings.